The van der Waals surface area contributed by atoms with E-state index in [4.69, 9.17) is 4.52 Å². The van der Waals surface area contributed by atoms with Crippen molar-refractivity contribution in [2.75, 3.05) is 0 Å². The van der Waals surface area contributed by atoms with Crippen molar-refractivity contribution in [1.29, 1.82) is 0 Å². The van der Waals surface area contributed by atoms with Crippen LogP contribution in [0.4, 0.5) is 0 Å². The summed E-state index contributed by atoms with van der Waals surface area (Å²) in [7, 11) is 0. The molecule has 0 bridgehead atoms. The van der Waals surface area contributed by atoms with Crippen molar-refractivity contribution in [3.63, 3.8) is 0 Å². The number of nitrogens with zero attached hydrogens (tertiary/aromatic N) is 2. The van der Waals surface area contributed by atoms with Crippen molar-refractivity contribution in [2.45, 2.75) is 30.9 Å². The van der Waals surface area contributed by atoms with Crippen LogP contribution in [0.5, 0.6) is 0 Å². The molecule has 1 heterocycles. The minimum Gasteiger partial charge on any atom is -0.339 e. The van der Waals surface area contributed by atoms with Crippen LogP contribution >= 0.6 is 11.8 Å². The Labute approximate surface area is 110 Å². The normalized spacial score (nSPS) is 10.6. The molecule has 0 fully saturated rings. The molecule has 0 radical (unpaired) electrons. The second-order valence-corrected chi connectivity index (χ2v) is 4.88. The summed E-state index contributed by atoms with van der Waals surface area (Å²) >= 11 is 1.62. The van der Waals surface area contributed by atoms with E-state index in [1.807, 2.05) is 31.2 Å². The Morgan fingerprint density at radius 2 is 2.06 bits per heavy atom. The second kappa shape index (κ2) is 5.82. The zero-order valence-electron chi connectivity index (χ0n) is 10.3. The van der Waals surface area contributed by atoms with Crippen LogP contribution in [0, 0.1) is 0 Å². The summed E-state index contributed by atoms with van der Waals surface area (Å²) in [5.74, 6) is 2.12. The van der Waals surface area contributed by atoms with Crippen LogP contribution in [-0.2, 0) is 12.2 Å². The van der Waals surface area contributed by atoms with E-state index in [1.54, 1.807) is 18.7 Å². The fourth-order valence-electron chi connectivity index (χ4n) is 1.43. The molecule has 0 aliphatic carbocycles. The third-order valence-electron chi connectivity index (χ3n) is 2.44. The molecule has 94 valence electrons. The highest BCUT2D eigenvalue weighted by atomic mass is 32.2. The largest absolute Gasteiger partial charge is 0.339 e. The van der Waals surface area contributed by atoms with E-state index < -0.39 is 0 Å². The first kappa shape index (κ1) is 12.8. The van der Waals surface area contributed by atoms with E-state index in [-0.39, 0.29) is 5.78 Å². The van der Waals surface area contributed by atoms with E-state index in [1.165, 1.54) is 0 Å². The van der Waals surface area contributed by atoms with E-state index in [9.17, 15) is 4.79 Å². The monoisotopic (exact) mass is 262 g/mol. The smallest absolute Gasteiger partial charge is 0.226 e. The first-order valence-corrected chi connectivity index (χ1v) is 6.73. The van der Waals surface area contributed by atoms with Crippen molar-refractivity contribution < 1.29 is 9.32 Å². The van der Waals surface area contributed by atoms with Gasteiger partial charge in [-0.15, -0.1) is 11.8 Å². The average Bonchev–Trinajstić information content (AvgIpc) is 2.85. The van der Waals surface area contributed by atoms with Crippen LogP contribution in [0.25, 0.3) is 0 Å². The maximum atomic E-state index is 11.1. The summed E-state index contributed by atoms with van der Waals surface area (Å²) < 4.78 is 5.03. The van der Waals surface area contributed by atoms with E-state index in [0.29, 0.717) is 17.5 Å². The molecule has 5 heteroatoms. The molecule has 0 aliphatic rings. The summed E-state index contributed by atoms with van der Waals surface area (Å²) in [5, 5.41) is 3.89. The zero-order valence-corrected chi connectivity index (χ0v) is 11.2. The Bertz CT molecular complexity index is 534. The summed E-state index contributed by atoms with van der Waals surface area (Å²) in [4.78, 5) is 16.5. The third kappa shape index (κ3) is 3.20. The van der Waals surface area contributed by atoms with Gasteiger partial charge in [0.05, 0.1) is 5.75 Å². The highest BCUT2D eigenvalue weighted by Gasteiger charge is 2.05. The fraction of sp³-hybridized carbons (Fsp3) is 0.308. The van der Waals surface area contributed by atoms with E-state index in [0.717, 1.165) is 16.9 Å². The van der Waals surface area contributed by atoms with Gasteiger partial charge in [-0.25, -0.2) is 0 Å². The second-order valence-electron chi connectivity index (χ2n) is 3.83. The van der Waals surface area contributed by atoms with Crippen molar-refractivity contribution in [3.05, 3.63) is 41.5 Å². The maximum Gasteiger partial charge on any atom is 0.226 e. The lowest BCUT2D eigenvalue weighted by Crippen LogP contribution is -1.90. The number of ketones is 1. The van der Waals surface area contributed by atoms with Crippen LogP contribution in [0.3, 0.4) is 0 Å². The van der Waals surface area contributed by atoms with Gasteiger partial charge in [-0.1, -0.05) is 24.2 Å². The van der Waals surface area contributed by atoms with Crippen molar-refractivity contribution in [3.8, 4) is 0 Å². The highest BCUT2D eigenvalue weighted by molar-refractivity contribution is 7.98. The number of thioether (sulfide) groups is 1. The number of hydrogen-bond donors (Lipinski definition) is 0. The molecule has 0 saturated carbocycles. The molecular formula is C13H14N2O2S. The Kier molecular flexibility index (Phi) is 4.15. The van der Waals surface area contributed by atoms with Crippen LogP contribution in [0.2, 0.25) is 0 Å². The van der Waals surface area contributed by atoms with Crippen LogP contribution < -0.4 is 0 Å². The number of rotatable bonds is 5. The summed E-state index contributed by atoms with van der Waals surface area (Å²) in [6.07, 6.45) is 0.755. The quantitative estimate of drug-likeness (QED) is 0.612. The Morgan fingerprint density at radius 3 is 2.61 bits per heavy atom. The lowest BCUT2D eigenvalue weighted by atomic mass is 10.2. The molecule has 0 saturated heterocycles. The van der Waals surface area contributed by atoms with Crippen LogP contribution in [-0.4, -0.2) is 15.9 Å². The molecular weight excluding hydrogens is 248 g/mol. The van der Waals surface area contributed by atoms with Crippen molar-refractivity contribution in [2.24, 2.45) is 0 Å². The Hall–Kier alpha value is -1.62. The molecule has 1 aromatic carbocycles. The number of benzene rings is 1. The van der Waals surface area contributed by atoms with E-state index in [2.05, 4.69) is 10.1 Å². The average molecular weight is 262 g/mol. The molecule has 18 heavy (non-hydrogen) atoms. The van der Waals surface area contributed by atoms with Gasteiger partial charge in [0, 0.05) is 16.9 Å². The number of aromatic nitrogens is 2. The summed E-state index contributed by atoms with van der Waals surface area (Å²) in [6, 6.07) is 7.53. The highest BCUT2D eigenvalue weighted by Crippen LogP contribution is 2.22. The van der Waals surface area contributed by atoms with Crippen LogP contribution in [0.15, 0.2) is 33.7 Å². The number of carbonyl (C=O) groups excluding carboxylic acids is 1. The molecule has 0 aliphatic heterocycles. The zero-order chi connectivity index (χ0) is 13.0. The molecule has 1 aromatic heterocycles. The molecule has 4 nitrogen and oxygen atoms in total. The predicted octanol–water partition coefficient (Wildman–Crippen LogP) is 3.13. The van der Waals surface area contributed by atoms with Gasteiger partial charge >= 0.3 is 0 Å². The topological polar surface area (TPSA) is 56.0 Å². The molecule has 0 amide bonds. The lowest BCUT2D eigenvalue weighted by molar-refractivity contribution is 0.101. The number of Topliss-reactive ketones (excluding diaryl/α,β-unsaturated/α-hetero) is 1. The molecule has 0 N–H and O–H groups in total. The number of aryl methyl sites for hydroxylation is 1. The maximum absolute atomic E-state index is 11.1. The summed E-state index contributed by atoms with van der Waals surface area (Å²) in [6.45, 7) is 3.54. The van der Waals surface area contributed by atoms with Gasteiger partial charge in [-0.3, -0.25) is 4.79 Å². The van der Waals surface area contributed by atoms with Gasteiger partial charge in [0.25, 0.3) is 0 Å². The number of carbonyl (C=O) groups is 1. The molecule has 0 atom stereocenters. The predicted molar refractivity (Wildman–Crippen MR) is 69.7 cm³/mol. The molecule has 2 rings (SSSR count). The van der Waals surface area contributed by atoms with Crippen molar-refractivity contribution in [1.82, 2.24) is 10.1 Å². The van der Waals surface area contributed by atoms with Gasteiger partial charge in [0.15, 0.2) is 11.6 Å². The van der Waals surface area contributed by atoms with Gasteiger partial charge in [-0.2, -0.15) is 4.98 Å². The van der Waals surface area contributed by atoms with Crippen LogP contribution in [0.1, 0.15) is 35.9 Å². The lowest BCUT2D eigenvalue weighted by Gasteiger charge is -1.99. The Morgan fingerprint density at radius 1 is 1.33 bits per heavy atom. The third-order valence-corrected chi connectivity index (χ3v) is 3.45. The van der Waals surface area contributed by atoms with Gasteiger partial charge in [-0.05, 0) is 19.1 Å². The molecule has 0 spiro atoms. The molecule has 2 aromatic rings. The van der Waals surface area contributed by atoms with Crippen molar-refractivity contribution >= 4 is 17.5 Å². The van der Waals surface area contributed by atoms with Gasteiger partial charge < -0.3 is 4.52 Å². The van der Waals surface area contributed by atoms with E-state index >= 15 is 0 Å². The number of hydrogen-bond acceptors (Lipinski definition) is 5. The van der Waals surface area contributed by atoms with Gasteiger partial charge in [0.2, 0.25) is 5.89 Å². The first-order valence-electron chi connectivity index (χ1n) is 5.74. The van der Waals surface area contributed by atoms with Gasteiger partial charge in [0.1, 0.15) is 0 Å². The summed E-state index contributed by atoms with van der Waals surface area (Å²) in [5.41, 5.74) is 0.729. The first-order chi connectivity index (χ1) is 8.69. The SMILES string of the molecule is CCc1nc(CSc2ccc(C(C)=O)cc2)no1. The fourth-order valence-corrected chi connectivity index (χ4v) is 2.17. The Balaban J connectivity index is 1.95. The minimum atomic E-state index is 0.0808. The minimum absolute atomic E-state index is 0.0808. The molecule has 0 unspecified atom stereocenters. The standard InChI is InChI=1S/C13H14N2O2S/c1-3-13-14-12(15-17-13)8-18-11-6-4-10(5-7-11)9(2)16/h4-7H,3,8H2,1-2H3.